The van der Waals surface area contributed by atoms with Crippen molar-refractivity contribution in [2.75, 3.05) is 26.8 Å². The summed E-state index contributed by atoms with van der Waals surface area (Å²) in [4.78, 5) is 0. The lowest BCUT2D eigenvalue weighted by molar-refractivity contribution is 0.200. The Balaban J connectivity index is 1.83. The van der Waals surface area contributed by atoms with Crippen molar-refractivity contribution in [3.63, 3.8) is 0 Å². The highest BCUT2D eigenvalue weighted by Crippen LogP contribution is 2.09. The van der Waals surface area contributed by atoms with Crippen LogP contribution in [0.5, 0.6) is 0 Å². The Hall–Kier alpha value is -1.91. The topological polar surface area (TPSA) is 39.1 Å². The molecule has 0 saturated heterocycles. The predicted molar refractivity (Wildman–Crippen MR) is 77.3 cm³/mol. The second kappa shape index (κ2) is 7.51. The minimum Gasteiger partial charge on any atom is -0.383 e. The van der Waals surface area contributed by atoms with Crippen LogP contribution in [0.2, 0.25) is 0 Å². The van der Waals surface area contributed by atoms with Crippen LogP contribution >= 0.6 is 0 Å². The molecule has 0 aliphatic heterocycles. The molecule has 0 aliphatic rings. The van der Waals surface area contributed by atoms with Gasteiger partial charge in [-0.15, -0.1) is 0 Å². The molecule has 1 aromatic heterocycles. The third-order valence-corrected chi connectivity index (χ3v) is 2.72. The maximum Gasteiger partial charge on any atom is 0.0645 e. The number of hydrogen-bond acceptors (Lipinski definition) is 3. The van der Waals surface area contributed by atoms with Gasteiger partial charge in [-0.25, -0.2) is 4.68 Å². The standard InChI is InChI=1S/C15H19N3O/c1-19-13-11-16-9-2-4-14-5-7-15(8-6-14)18-12-3-10-17-18/h2-8,10,12,16H,9,11,13H2,1H3. The average Bonchev–Trinajstić information content (AvgIpc) is 2.97. The summed E-state index contributed by atoms with van der Waals surface area (Å²) in [6, 6.07) is 10.2. The molecule has 2 aromatic rings. The van der Waals surface area contributed by atoms with Crippen molar-refractivity contribution in [1.82, 2.24) is 15.1 Å². The van der Waals surface area contributed by atoms with E-state index in [9.17, 15) is 0 Å². The van der Waals surface area contributed by atoms with Gasteiger partial charge in [0.15, 0.2) is 0 Å². The van der Waals surface area contributed by atoms with E-state index in [-0.39, 0.29) is 0 Å². The third kappa shape index (κ3) is 4.35. The maximum absolute atomic E-state index is 4.96. The number of ether oxygens (including phenoxy) is 1. The Bertz CT molecular complexity index is 489. The predicted octanol–water partition coefficient (Wildman–Crippen LogP) is 2.12. The normalized spacial score (nSPS) is 11.2. The molecular formula is C15H19N3O. The summed E-state index contributed by atoms with van der Waals surface area (Å²) < 4.78 is 6.81. The molecule has 1 aromatic carbocycles. The van der Waals surface area contributed by atoms with Gasteiger partial charge in [0.25, 0.3) is 0 Å². The number of hydrogen-bond donors (Lipinski definition) is 1. The van der Waals surface area contributed by atoms with Gasteiger partial charge in [-0.3, -0.25) is 0 Å². The average molecular weight is 257 g/mol. The van der Waals surface area contributed by atoms with E-state index >= 15 is 0 Å². The molecule has 0 bridgehead atoms. The summed E-state index contributed by atoms with van der Waals surface area (Å²) in [5.41, 5.74) is 2.25. The quantitative estimate of drug-likeness (QED) is 0.772. The first-order valence-electron chi connectivity index (χ1n) is 6.36. The molecule has 0 atom stereocenters. The third-order valence-electron chi connectivity index (χ3n) is 2.72. The van der Waals surface area contributed by atoms with E-state index in [4.69, 9.17) is 4.74 Å². The molecule has 4 heteroatoms. The lowest BCUT2D eigenvalue weighted by Crippen LogP contribution is -2.18. The molecule has 0 radical (unpaired) electrons. The fourth-order valence-corrected chi connectivity index (χ4v) is 1.71. The highest BCUT2D eigenvalue weighted by Gasteiger charge is 1.94. The lowest BCUT2D eigenvalue weighted by atomic mass is 10.2. The van der Waals surface area contributed by atoms with Crippen LogP contribution in [0.4, 0.5) is 0 Å². The van der Waals surface area contributed by atoms with Crippen molar-refractivity contribution in [2.45, 2.75) is 0 Å². The van der Waals surface area contributed by atoms with Crippen LogP contribution in [0.15, 0.2) is 48.8 Å². The summed E-state index contributed by atoms with van der Waals surface area (Å²) in [5.74, 6) is 0. The van der Waals surface area contributed by atoms with E-state index in [1.54, 1.807) is 13.3 Å². The lowest BCUT2D eigenvalue weighted by Gasteiger charge is -2.02. The molecule has 0 fully saturated rings. The van der Waals surface area contributed by atoms with Crippen LogP contribution in [-0.4, -0.2) is 36.6 Å². The number of aromatic nitrogens is 2. The molecule has 2 rings (SSSR count). The first-order chi connectivity index (χ1) is 9.40. The van der Waals surface area contributed by atoms with E-state index in [1.165, 1.54) is 5.56 Å². The zero-order chi connectivity index (χ0) is 13.3. The first-order valence-corrected chi connectivity index (χ1v) is 6.36. The highest BCUT2D eigenvalue weighted by molar-refractivity contribution is 5.51. The molecule has 0 spiro atoms. The summed E-state index contributed by atoms with van der Waals surface area (Å²) in [5, 5.41) is 7.46. The number of nitrogens with zero attached hydrogens (tertiary/aromatic N) is 2. The van der Waals surface area contributed by atoms with E-state index in [2.05, 4.69) is 46.8 Å². The minimum atomic E-state index is 0.742. The molecule has 0 unspecified atom stereocenters. The maximum atomic E-state index is 4.96. The van der Waals surface area contributed by atoms with Crippen molar-refractivity contribution < 1.29 is 4.74 Å². The Morgan fingerprint density at radius 1 is 1.32 bits per heavy atom. The van der Waals surface area contributed by atoms with Crippen molar-refractivity contribution in [1.29, 1.82) is 0 Å². The highest BCUT2D eigenvalue weighted by atomic mass is 16.5. The van der Waals surface area contributed by atoms with Crippen molar-refractivity contribution in [3.8, 4) is 5.69 Å². The molecule has 0 aliphatic carbocycles. The monoisotopic (exact) mass is 257 g/mol. The van der Waals surface area contributed by atoms with Gasteiger partial charge in [-0.05, 0) is 23.8 Å². The number of methoxy groups -OCH3 is 1. The molecule has 1 N–H and O–H groups in total. The van der Waals surface area contributed by atoms with Crippen LogP contribution in [0, 0.1) is 0 Å². The van der Waals surface area contributed by atoms with Gasteiger partial charge in [0.05, 0.1) is 12.3 Å². The smallest absolute Gasteiger partial charge is 0.0645 e. The SMILES string of the molecule is COCCNCC=Cc1ccc(-n2cccn2)cc1. The molecule has 1 heterocycles. The Labute approximate surface area is 113 Å². The summed E-state index contributed by atoms with van der Waals surface area (Å²) in [6.45, 7) is 2.47. The van der Waals surface area contributed by atoms with Gasteiger partial charge in [0.1, 0.15) is 0 Å². The van der Waals surface area contributed by atoms with Gasteiger partial charge < -0.3 is 10.1 Å². The van der Waals surface area contributed by atoms with Gasteiger partial charge in [-0.2, -0.15) is 5.10 Å². The second-order valence-electron chi connectivity index (χ2n) is 4.14. The molecular weight excluding hydrogens is 238 g/mol. The van der Waals surface area contributed by atoms with Crippen molar-refractivity contribution in [3.05, 3.63) is 54.4 Å². The van der Waals surface area contributed by atoms with Gasteiger partial charge in [0.2, 0.25) is 0 Å². The fraction of sp³-hybridized carbons (Fsp3) is 0.267. The number of nitrogens with one attached hydrogen (secondary N) is 1. The second-order valence-corrected chi connectivity index (χ2v) is 4.14. The molecule has 0 amide bonds. The van der Waals surface area contributed by atoms with Gasteiger partial charge in [0, 0.05) is 32.6 Å². The van der Waals surface area contributed by atoms with E-state index in [0.717, 1.165) is 25.4 Å². The number of benzene rings is 1. The minimum absolute atomic E-state index is 0.742. The largest absolute Gasteiger partial charge is 0.383 e. The van der Waals surface area contributed by atoms with Crippen LogP contribution in [0.3, 0.4) is 0 Å². The van der Waals surface area contributed by atoms with Crippen LogP contribution in [-0.2, 0) is 4.74 Å². The Morgan fingerprint density at radius 2 is 2.16 bits per heavy atom. The zero-order valence-electron chi connectivity index (χ0n) is 11.1. The molecule has 4 nitrogen and oxygen atoms in total. The van der Waals surface area contributed by atoms with E-state index in [0.29, 0.717) is 0 Å². The van der Waals surface area contributed by atoms with E-state index in [1.807, 2.05) is 16.9 Å². The Morgan fingerprint density at radius 3 is 2.84 bits per heavy atom. The summed E-state index contributed by atoms with van der Waals surface area (Å²) in [7, 11) is 1.71. The fourth-order valence-electron chi connectivity index (χ4n) is 1.71. The van der Waals surface area contributed by atoms with Gasteiger partial charge in [-0.1, -0.05) is 24.3 Å². The molecule has 19 heavy (non-hydrogen) atoms. The van der Waals surface area contributed by atoms with Crippen molar-refractivity contribution >= 4 is 6.08 Å². The molecule has 100 valence electrons. The Kier molecular flexibility index (Phi) is 5.34. The van der Waals surface area contributed by atoms with E-state index < -0.39 is 0 Å². The number of rotatable bonds is 7. The first kappa shape index (κ1) is 13.5. The van der Waals surface area contributed by atoms with Crippen LogP contribution in [0.1, 0.15) is 5.56 Å². The van der Waals surface area contributed by atoms with Crippen molar-refractivity contribution in [2.24, 2.45) is 0 Å². The van der Waals surface area contributed by atoms with Gasteiger partial charge >= 0.3 is 0 Å². The summed E-state index contributed by atoms with van der Waals surface area (Å²) >= 11 is 0. The van der Waals surface area contributed by atoms with Crippen LogP contribution < -0.4 is 5.32 Å². The van der Waals surface area contributed by atoms with Crippen LogP contribution in [0.25, 0.3) is 11.8 Å². The molecule has 0 saturated carbocycles. The summed E-state index contributed by atoms with van der Waals surface area (Å²) in [6.07, 6.45) is 7.93. The zero-order valence-corrected chi connectivity index (χ0v) is 11.1.